The molecular weight excluding hydrogens is 238 g/mol. The molecule has 0 radical (unpaired) electrons. The van der Waals surface area contributed by atoms with Crippen molar-refractivity contribution in [3.63, 3.8) is 0 Å². The lowest BCUT2D eigenvalue weighted by molar-refractivity contribution is 0.0683. The van der Waals surface area contributed by atoms with E-state index in [0.29, 0.717) is 11.3 Å². The molecule has 18 heavy (non-hydrogen) atoms. The van der Waals surface area contributed by atoms with E-state index in [1.807, 2.05) is 0 Å². The van der Waals surface area contributed by atoms with Gasteiger partial charge in [0.15, 0.2) is 5.78 Å². The first-order chi connectivity index (χ1) is 8.49. The van der Waals surface area contributed by atoms with Gasteiger partial charge in [0.05, 0.1) is 5.69 Å². The fourth-order valence-corrected chi connectivity index (χ4v) is 1.45. The van der Waals surface area contributed by atoms with Crippen molar-refractivity contribution in [2.24, 2.45) is 0 Å². The molecule has 0 aliphatic heterocycles. The van der Waals surface area contributed by atoms with E-state index >= 15 is 0 Å². The summed E-state index contributed by atoms with van der Waals surface area (Å²) in [7, 11) is 0. The Morgan fingerprint density at radius 3 is 2.67 bits per heavy atom. The second-order valence-electron chi connectivity index (χ2n) is 3.60. The van der Waals surface area contributed by atoms with Crippen molar-refractivity contribution >= 4 is 11.8 Å². The number of carbonyl (C=O) groups excluding carboxylic acids is 1. The highest BCUT2D eigenvalue weighted by Gasteiger charge is 2.13. The number of nitrogens with one attached hydrogen (secondary N) is 1. The largest absolute Gasteiger partial charge is 0.475 e. The summed E-state index contributed by atoms with van der Waals surface area (Å²) in [6.45, 7) is 1.40. The van der Waals surface area contributed by atoms with E-state index in [0.717, 1.165) is 4.68 Å². The quantitative estimate of drug-likeness (QED) is 0.766. The minimum atomic E-state index is -1.33. The Morgan fingerprint density at radius 1 is 1.39 bits per heavy atom. The summed E-state index contributed by atoms with van der Waals surface area (Å²) >= 11 is 0. The second-order valence-corrected chi connectivity index (χ2v) is 3.60. The molecule has 0 aliphatic carbocycles. The molecular formula is C11H9N3O4. The van der Waals surface area contributed by atoms with Gasteiger partial charge in [0.25, 0.3) is 0 Å². The molecule has 0 spiro atoms. The maximum absolute atomic E-state index is 11.5. The highest BCUT2D eigenvalue weighted by atomic mass is 16.4. The Hall–Kier alpha value is -2.70. The number of H-pyrrole nitrogens is 1. The van der Waals surface area contributed by atoms with E-state index in [1.54, 1.807) is 18.2 Å². The lowest BCUT2D eigenvalue weighted by atomic mass is 10.1. The number of carboxylic acid groups (broad SMARTS) is 1. The number of rotatable bonds is 3. The van der Waals surface area contributed by atoms with Crippen LogP contribution in [0.1, 0.15) is 27.9 Å². The third kappa shape index (κ3) is 2.05. The summed E-state index contributed by atoms with van der Waals surface area (Å²) in [6.07, 6.45) is 0. The second kappa shape index (κ2) is 4.28. The first-order valence-corrected chi connectivity index (χ1v) is 5.03. The normalized spacial score (nSPS) is 10.3. The van der Waals surface area contributed by atoms with Gasteiger partial charge >= 0.3 is 11.7 Å². The van der Waals surface area contributed by atoms with Crippen LogP contribution in [-0.2, 0) is 0 Å². The van der Waals surface area contributed by atoms with Crippen LogP contribution in [0.3, 0.4) is 0 Å². The molecule has 0 amide bonds. The number of hydrogen-bond acceptors (Lipinski definition) is 4. The number of nitrogens with zero attached hydrogens (tertiary/aromatic N) is 2. The Balaban J connectivity index is 2.55. The molecule has 2 rings (SSSR count). The van der Waals surface area contributed by atoms with Crippen molar-refractivity contribution in [2.75, 3.05) is 0 Å². The van der Waals surface area contributed by atoms with E-state index in [2.05, 4.69) is 10.1 Å². The Morgan fingerprint density at radius 2 is 2.11 bits per heavy atom. The monoisotopic (exact) mass is 247 g/mol. The van der Waals surface area contributed by atoms with E-state index in [1.165, 1.54) is 13.0 Å². The summed E-state index contributed by atoms with van der Waals surface area (Å²) in [5, 5.41) is 12.3. The van der Waals surface area contributed by atoms with Crippen molar-refractivity contribution in [3.05, 3.63) is 46.1 Å². The van der Waals surface area contributed by atoms with Crippen LogP contribution in [0.2, 0.25) is 0 Å². The summed E-state index contributed by atoms with van der Waals surface area (Å²) in [4.78, 5) is 35.5. The number of ketones is 1. The number of Topliss-reactive ketones (excluding diaryl/α,β-unsaturated/α-hetero) is 1. The molecule has 0 unspecified atom stereocenters. The lowest BCUT2D eigenvalue weighted by Crippen LogP contribution is -2.16. The number of benzene rings is 1. The molecule has 0 saturated heterocycles. The number of aromatic nitrogens is 3. The van der Waals surface area contributed by atoms with Crippen molar-refractivity contribution in [1.82, 2.24) is 14.8 Å². The highest BCUT2D eigenvalue weighted by Crippen LogP contribution is 2.08. The maximum atomic E-state index is 11.5. The predicted molar refractivity (Wildman–Crippen MR) is 61.1 cm³/mol. The minimum absolute atomic E-state index is 0.154. The molecule has 0 aliphatic rings. The van der Waals surface area contributed by atoms with Gasteiger partial charge in [0.1, 0.15) is 0 Å². The van der Waals surface area contributed by atoms with Crippen LogP contribution in [0.25, 0.3) is 5.69 Å². The summed E-state index contributed by atoms with van der Waals surface area (Å²) in [5.41, 5.74) is 0.0730. The van der Waals surface area contributed by atoms with E-state index in [-0.39, 0.29) is 5.78 Å². The number of carbonyl (C=O) groups is 2. The van der Waals surface area contributed by atoms with Gasteiger partial charge in [0.2, 0.25) is 5.82 Å². The first-order valence-electron chi connectivity index (χ1n) is 5.03. The molecule has 7 heteroatoms. The van der Waals surface area contributed by atoms with Gasteiger partial charge in [-0.2, -0.15) is 4.68 Å². The molecule has 1 heterocycles. The number of carboxylic acids is 1. The number of aromatic carboxylic acids is 1. The minimum Gasteiger partial charge on any atom is -0.475 e. The zero-order valence-corrected chi connectivity index (χ0v) is 9.38. The van der Waals surface area contributed by atoms with Crippen LogP contribution in [0.4, 0.5) is 0 Å². The van der Waals surface area contributed by atoms with Crippen LogP contribution in [0.15, 0.2) is 29.1 Å². The Kier molecular flexibility index (Phi) is 2.80. The van der Waals surface area contributed by atoms with Crippen LogP contribution in [0, 0.1) is 0 Å². The zero-order chi connectivity index (χ0) is 13.3. The molecule has 0 saturated carbocycles. The smallest absolute Gasteiger partial charge is 0.373 e. The van der Waals surface area contributed by atoms with E-state index in [4.69, 9.17) is 5.11 Å². The third-order valence-electron chi connectivity index (χ3n) is 2.32. The lowest BCUT2D eigenvalue weighted by Gasteiger charge is -2.01. The molecule has 92 valence electrons. The molecule has 7 nitrogen and oxygen atoms in total. The highest BCUT2D eigenvalue weighted by molar-refractivity contribution is 5.94. The zero-order valence-electron chi connectivity index (χ0n) is 9.38. The molecule has 2 N–H and O–H groups in total. The van der Waals surface area contributed by atoms with Crippen molar-refractivity contribution in [1.29, 1.82) is 0 Å². The van der Waals surface area contributed by atoms with E-state index < -0.39 is 17.5 Å². The number of aromatic amines is 1. The van der Waals surface area contributed by atoms with Gasteiger partial charge in [-0.15, -0.1) is 5.10 Å². The summed E-state index contributed by atoms with van der Waals surface area (Å²) in [5.74, 6) is -1.93. The maximum Gasteiger partial charge on any atom is 0.373 e. The van der Waals surface area contributed by atoms with Crippen molar-refractivity contribution < 1.29 is 14.7 Å². The fourth-order valence-electron chi connectivity index (χ4n) is 1.45. The standard InChI is InChI=1S/C11H9N3O4/c1-6(15)7-3-2-4-8(5-7)14-11(18)12-9(13-14)10(16)17/h2-5H,1H3,(H,16,17)(H,12,13,18). The SMILES string of the molecule is CC(=O)c1cccc(-n2nc(C(=O)O)[nH]c2=O)c1. The van der Waals surface area contributed by atoms with Crippen molar-refractivity contribution in [3.8, 4) is 5.69 Å². The van der Waals surface area contributed by atoms with Gasteiger partial charge in [-0.25, -0.2) is 9.59 Å². The fraction of sp³-hybridized carbons (Fsp3) is 0.0909. The topological polar surface area (TPSA) is 105 Å². The van der Waals surface area contributed by atoms with Crippen LogP contribution >= 0.6 is 0 Å². The summed E-state index contributed by atoms with van der Waals surface area (Å²) < 4.78 is 0.899. The Bertz CT molecular complexity index is 684. The van der Waals surface area contributed by atoms with Crippen LogP contribution in [-0.4, -0.2) is 31.6 Å². The van der Waals surface area contributed by atoms with Gasteiger partial charge in [-0.3, -0.25) is 9.78 Å². The van der Waals surface area contributed by atoms with Gasteiger partial charge in [-0.05, 0) is 19.1 Å². The van der Waals surface area contributed by atoms with E-state index in [9.17, 15) is 14.4 Å². The predicted octanol–water partition coefficient (Wildman–Crippen LogP) is 0.461. The van der Waals surface area contributed by atoms with Crippen LogP contribution in [0.5, 0.6) is 0 Å². The van der Waals surface area contributed by atoms with Gasteiger partial charge in [0, 0.05) is 5.56 Å². The van der Waals surface area contributed by atoms with Gasteiger partial charge < -0.3 is 5.11 Å². The first kappa shape index (κ1) is 11.8. The average Bonchev–Trinajstić information content (AvgIpc) is 2.72. The average molecular weight is 247 g/mol. The number of hydrogen-bond donors (Lipinski definition) is 2. The van der Waals surface area contributed by atoms with Gasteiger partial charge in [-0.1, -0.05) is 12.1 Å². The summed E-state index contributed by atoms with van der Waals surface area (Å²) in [6, 6.07) is 6.21. The van der Waals surface area contributed by atoms with Crippen molar-refractivity contribution in [2.45, 2.75) is 6.92 Å². The Labute approximate surface area is 101 Å². The third-order valence-corrected chi connectivity index (χ3v) is 2.32. The molecule has 0 bridgehead atoms. The molecule has 1 aromatic heterocycles. The molecule has 1 aromatic carbocycles. The molecule has 2 aromatic rings. The molecule has 0 atom stereocenters. The molecule has 0 fully saturated rings. The van der Waals surface area contributed by atoms with Crippen LogP contribution < -0.4 is 5.69 Å².